The first-order chi connectivity index (χ1) is 12.4. The van der Waals surface area contributed by atoms with Gasteiger partial charge in [0, 0.05) is 19.5 Å². The van der Waals surface area contributed by atoms with Crippen molar-refractivity contribution in [3.8, 4) is 0 Å². The summed E-state index contributed by atoms with van der Waals surface area (Å²) < 4.78 is 23.5. The molecule has 6 atom stereocenters. The zero-order valence-corrected chi connectivity index (χ0v) is 16.8. The van der Waals surface area contributed by atoms with Crippen molar-refractivity contribution < 1.29 is 23.7 Å². The third kappa shape index (κ3) is 3.88. The van der Waals surface area contributed by atoms with E-state index in [4.69, 9.17) is 30.5 Å². The van der Waals surface area contributed by atoms with E-state index in [0.29, 0.717) is 12.4 Å². The number of halogens is 1. The van der Waals surface area contributed by atoms with Crippen molar-refractivity contribution in [2.45, 2.75) is 69.5 Å². The molecule has 2 saturated heterocycles. The molecule has 0 aromatic rings. The van der Waals surface area contributed by atoms with Gasteiger partial charge in [0.2, 0.25) is 0 Å². The summed E-state index contributed by atoms with van der Waals surface area (Å²) in [6.45, 7) is 7.41. The number of rotatable bonds is 7. The van der Waals surface area contributed by atoms with Crippen molar-refractivity contribution in [1.29, 1.82) is 0 Å². The highest BCUT2D eigenvalue weighted by Gasteiger charge is 2.72. The third-order valence-electron chi connectivity index (χ3n) is 5.86. The number of hydrogen-bond acceptors (Lipinski definition) is 5. The summed E-state index contributed by atoms with van der Waals surface area (Å²) in [4.78, 5) is 12.0. The van der Waals surface area contributed by atoms with Crippen LogP contribution in [0.5, 0.6) is 0 Å². The monoisotopic (exact) mass is 387 g/mol. The van der Waals surface area contributed by atoms with E-state index >= 15 is 0 Å². The van der Waals surface area contributed by atoms with Crippen LogP contribution in [0.15, 0.2) is 11.6 Å². The second-order valence-electron chi connectivity index (χ2n) is 7.94. The lowest BCUT2D eigenvalue weighted by Crippen LogP contribution is -2.56. The predicted molar refractivity (Wildman–Crippen MR) is 98.5 cm³/mol. The maximum absolute atomic E-state index is 12.0. The molecular formula is C19H30ClNO5. The Labute approximate surface area is 160 Å². The molecule has 0 aromatic carbocycles. The molecule has 148 valence electrons. The fraction of sp³-hybridized carbons (Fsp3) is 0.842. The van der Waals surface area contributed by atoms with Crippen molar-refractivity contribution in [1.82, 2.24) is 5.32 Å². The zero-order valence-electron chi connectivity index (χ0n) is 16.0. The molecule has 0 radical (unpaired) electrons. The molecule has 1 spiro atoms. The average molecular weight is 388 g/mol. The van der Waals surface area contributed by atoms with Crippen molar-refractivity contribution in [2.24, 2.45) is 5.92 Å². The van der Waals surface area contributed by atoms with E-state index in [1.165, 1.54) is 5.57 Å². The first kappa shape index (κ1) is 19.9. The Morgan fingerprint density at radius 2 is 2.15 bits per heavy atom. The number of nitrogens with one attached hydrogen (secondary N) is 1. The SMILES string of the molecule is COC1C(OC(=O)NCCCl)CCC2(CO2)C1C1(C)OC1CC=C(C)C. The van der Waals surface area contributed by atoms with Gasteiger partial charge in [0.05, 0.1) is 18.6 Å². The number of alkyl carbamates (subject to hydrolysis) is 1. The Bertz CT molecular complexity index is 560. The number of ether oxygens (including phenoxy) is 4. The van der Waals surface area contributed by atoms with Crippen LogP contribution in [0.3, 0.4) is 0 Å². The molecule has 6 nitrogen and oxygen atoms in total. The van der Waals surface area contributed by atoms with Crippen LogP contribution in [0.2, 0.25) is 0 Å². The van der Waals surface area contributed by atoms with Crippen LogP contribution in [0, 0.1) is 5.92 Å². The largest absolute Gasteiger partial charge is 0.443 e. The van der Waals surface area contributed by atoms with E-state index in [1.54, 1.807) is 7.11 Å². The molecule has 1 aliphatic carbocycles. The van der Waals surface area contributed by atoms with Crippen molar-refractivity contribution >= 4 is 17.7 Å². The van der Waals surface area contributed by atoms with Gasteiger partial charge in [-0.2, -0.15) is 0 Å². The highest BCUT2D eigenvalue weighted by atomic mass is 35.5. The number of alkyl halides is 1. The van der Waals surface area contributed by atoms with Crippen molar-refractivity contribution in [2.75, 3.05) is 26.1 Å². The van der Waals surface area contributed by atoms with Gasteiger partial charge in [0.15, 0.2) is 0 Å². The van der Waals surface area contributed by atoms with Gasteiger partial charge >= 0.3 is 6.09 Å². The molecule has 1 amide bonds. The van der Waals surface area contributed by atoms with Gasteiger partial charge < -0.3 is 24.3 Å². The standard InChI is InChI=1S/C19H30ClNO5/c1-12(2)5-6-14-18(3,26-14)16-15(23-4)13(7-8-19(16)11-24-19)25-17(22)21-10-9-20/h5,13-16H,6-11H2,1-4H3,(H,21,22). The fourth-order valence-corrected chi connectivity index (χ4v) is 4.49. The molecule has 6 unspecified atom stereocenters. The maximum Gasteiger partial charge on any atom is 0.407 e. The van der Waals surface area contributed by atoms with Crippen LogP contribution in [0.1, 0.15) is 40.0 Å². The van der Waals surface area contributed by atoms with E-state index in [-0.39, 0.29) is 35.4 Å². The quantitative estimate of drug-likeness (QED) is 0.413. The first-order valence-corrected chi connectivity index (χ1v) is 9.88. The maximum atomic E-state index is 12.0. The molecule has 0 bridgehead atoms. The predicted octanol–water partition coefficient (Wildman–Crippen LogP) is 3.03. The Morgan fingerprint density at radius 3 is 2.73 bits per heavy atom. The lowest BCUT2D eigenvalue weighted by Gasteiger charge is -2.42. The van der Waals surface area contributed by atoms with Gasteiger partial charge in [-0.15, -0.1) is 11.6 Å². The van der Waals surface area contributed by atoms with Crippen LogP contribution in [-0.4, -0.2) is 61.7 Å². The minimum atomic E-state index is -0.452. The number of carbonyl (C=O) groups excluding carboxylic acids is 1. The number of allylic oxidation sites excluding steroid dienone is 1. The summed E-state index contributed by atoms with van der Waals surface area (Å²) in [7, 11) is 1.67. The minimum Gasteiger partial charge on any atom is -0.443 e. The minimum absolute atomic E-state index is 0.0372. The molecule has 3 rings (SSSR count). The van der Waals surface area contributed by atoms with Crippen LogP contribution in [0.4, 0.5) is 4.79 Å². The van der Waals surface area contributed by atoms with Crippen LogP contribution < -0.4 is 5.32 Å². The fourth-order valence-electron chi connectivity index (χ4n) is 4.40. The Kier molecular flexibility index (Phi) is 5.87. The summed E-state index contributed by atoms with van der Waals surface area (Å²) in [5, 5.41) is 2.65. The number of methoxy groups -OCH3 is 1. The van der Waals surface area contributed by atoms with E-state index in [2.05, 4.69) is 32.2 Å². The molecule has 3 aliphatic rings. The summed E-state index contributed by atoms with van der Waals surface area (Å²) in [5.74, 6) is 0.389. The van der Waals surface area contributed by atoms with E-state index < -0.39 is 6.09 Å². The molecule has 1 N–H and O–H groups in total. The number of epoxide rings is 2. The number of carbonyl (C=O) groups is 1. The summed E-state index contributed by atoms with van der Waals surface area (Å²) in [6, 6.07) is 0. The Morgan fingerprint density at radius 1 is 1.42 bits per heavy atom. The van der Waals surface area contributed by atoms with Gasteiger partial charge in [0.25, 0.3) is 0 Å². The molecule has 2 aliphatic heterocycles. The normalized spacial score (nSPS) is 40.8. The van der Waals surface area contributed by atoms with Crippen LogP contribution in [0.25, 0.3) is 0 Å². The van der Waals surface area contributed by atoms with Gasteiger partial charge in [-0.25, -0.2) is 4.79 Å². The smallest absolute Gasteiger partial charge is 0.407 e. The van der Waals surface area contributed by atoms with E-state index in [0.717, 1.165) is 25.9 Å². The van der Waals surface area contributed by atoms with Gasteiger partial charge in [-0.3, -0.25) is 0 Å². The second-order valence-corrected chi connectivity index (χ2v) is 8.32. The highest BCUT2D eigenvalue weighted by molar-refractivity contribution is 6.18. The lowest BCUT2D eigenvalue weighted by atomic mass is 9.68. The molecule has 0 aromatic heterocycles. The Hall–Kier alpha value is -0.820. The van der Waals surface area contributed by atoms with Gasteiger partial charge in [0.1, 0.15) is 23.4 Å². The summed E-state index contributed by atoms with van der Waals surface area (Å²) in [5.41, 5.74) is 0.753. The number of amides is 1. The number of hydrogen-bond donors (Lipinski definition) is 1. The van der Waals surface area contributed by atoms with Gasteiger partial charge in [-0.1, -0.05) is 11.6 Å². The molecule has 7 heteroatoms. The third-order valence-corrected chi connectivity index (χ3v) is 6.05. The molecule has 26 heavy (non-hydrogen) atoms. The summed E-state index contributed by atoms with van der Waals surface area (Å²) in [6.07, 6.45) is 3.77. The summed E-state index contributed by atoms with van der Waals surface area (Å²) >= 11 is 5.62. The Balaban J connectivity index is 1.72. The van der Waals surface area contributed by atoms with Gasteiger partial charge in [-0.05, 0) is 40.0 Å². The molecule has 3 fully saturated rings. The van der Waals surface area contributed by atoms with E-state index in [9.17, 15) is 4.79 Å². The second kappa shape index (κ2) is 7.66. The molecule has 1 saturated carbocycles. The van der Waals surface area contributed by atoms with Crippen molar-refractivity contribution in [3.63, 3.8) is 0 Å². The van der Waals surface area contributed by atoms with Crippen molar-refractivity contribution in [3.05, 3.63) is 11.6 Å². The topological polar surface area (TPSA) is 72.6 Å². The average Bonchev–Trinajstić information content (AvgIpc) is 3.50. The molecular weight excluding hydrogens is 358 g/mol. The van der Waals surface area contributed by atoms with Crippen LogP contribution >= 0.6 is 11.6 Å². The lowest BCUT2D eigenvalue weighted by molar-refractivity contribution is -0.118. The molecule has 2 heterocycles. The van der Waals surface area contributed by atoms with Crippen LogP contribution in [-0.2, 0) is 18.9 Å². The van der Waals surface area contributed by atoms with E-state index in [1.807, 2.05) is 0 Å². The highest BCUT2D eigenvalue weighted by Crippen LogP contribution is 2.59. The zero-order chi connectivity index (χ0) is 18.9. The first-order valence-electron chi connectivity index (χ1n) is 9.34.